The summed E-state index contributed by atoms with van der Waals surface area (Å²) in [6.07, 6.45) is 0. The summed E-state index contributed by atoms with van der Waals surface area (Å²) >= 11 is 0. The van der Waals surface area contributed by atoms with Crippen molar-refractivity contribution in [3.8, 4) is 0 Å². The number of benzene rings is 2. The van der Waals surface area contributed by atoms with Crippen molar-refractivity contribution in [2.45, 2.75) is 12.8 Å². The van der Waals surface area contributed by atoms with Crippen LogP contribution in [0.15, 0.2) is 54.6 Å². The predicted octanol–water partition coefficient (Wildman–Crippen LogP) is 4.28. The molecule has 1 atom stereocenters. The number of amides is 1. The van der Waals surface area contributed by atoms with Gasteiger partial charge in [-0.1, -0.05) is 30.3 Å². The van der Waals surface area contributed by atoms with Gasteiger partial charge in [0, 0.05) is 11.4 Å². The van der Waals surface area contributed by atoms with E-state index >= 15 is 0 Å². The number of carbonyl (C=O) groups is 1. The van der Waals surface area contributed by atoms with Crippen molar-refractivity contribution in [3.63, 3.8) is 0 Å². The zero-order valence-corrected chi connectivity index (χ0v) is 13.9. The van der Waals surface area contributed by atoms with Gasteiger partial charge in [-0.3, -0.25) is 4.79 Å². The average Bonchev–Trinajstić information content (AvgIpc) is 2.40. The second-order valence-electron chi connectivity index (χ2n) is 4.24. The van der Waals surface area contributed by atoms with Crippen LogP contribution in [0.5, 0.6) is 0 Å². The smallest absolute Gasteiger partial charge is 0.224 e. The van der Waals surface area contributed by atoms with Crippen LogP contribution in [-0.4, -0.2) is 5.91 Å². The monoisotopic (exact) mass is 348 g/mol. The number of para-hydroxylation sites is 1. The molecule has 2 aromatic carbocycles. The lowest BCUT2D eigenvalue weighted by Gasteiger charge is -2.10. The number of primary amides is 1. The molecule has 116 valence electrons. The zero-order chi connectivity index (χ0) is 13.0. The summed E-state index contributed by atoms with van der Waals surface area (Å²) in [5.74, 6) is -0.561. The van der Waals surface area contributed by atoms with Gasteiger partial charge in [0.25, 0.3) is 0 Å². The van der Waals surface area contributed by atoms with E-state index in [0.29, 0.717) is 0 Å². The van der Waals surface area contributed by atoms with Crippen molar-refractivity contribution in [1.29, 1.82) is 0 Å². The van der Waals surface area contributed by atoms with Gasteiger partial charge in [-0.2, -0.15) is 0 Å². The fourth-order valence-electron chi connectivity index (χ4n) is 1.71. The summed E-state index contributed by atoms with van der Waals surface area (Å²) in [7, 11) is 0. The molecule has 0 saturated carbocycles. The number of nitrogens with one attached hydrogen (secondary N) is 1. The highest BCUT2D eigenvalue weighted by Crippen LogP contribution is 2.20. The molecule has 0 aliphatic carbocycles. The van der Waals surface area contributed by atoms with E-state index in [1.807, 2.05) is 61.5 Å². The Hall–Kier alpha value is -1.42. The first-order chi connectivity index (χ1) is 8.66. The van der Waals surface area contributed by atoms with Gasteiger partial charge >= 0.3 is 0 Å². The highest BCUT2D eigenvalue weighted by atomic mass is 35.5. The Balaban J connectivity index is 0. The van der Waals surface area contributed by atoms with Crippen molar-refractivity contribution in [2.24, 2.45) is 5.73 Å². The van der Waals surface area contributed by atoms with Crippen LogP contribution in [0.4, 0.5) is 11.4 Å². The quantitative estimate of drug-likeness (QED) is 0.865. The van der Waals surface area contributed by atoms with Crippen molar-refractivity contribution >= 4 is 54.5 Å². The zero-order valence-electron chi connectivity index (χ0n) is 11.5. The van der Waals surface area contributed by atoms with E-state index in [9.17, 15) is 4.79 Å². The SMILES string of the molecule is CC(C(N)=O)c1ccc(Nc2ccccc2)cc1.Cl.Cl.Cl. The van der Waals surface area contributed by atoms with Gasteiger partial charge in [0.15, 0.2) is 0 Å². The maximum Gasteiger partial charge on any atom is 0.224 e. The molecule has 0 spiro atoms. The van der Waals surface area contributed by atoms with Crippen molar-refractivity contribution in [2.75, 3.05) is 5.32 Å². The molecule has 0 aliphatic heterocycles. The van der Waals surface area contributed by atoms with Crippen molar-refractivity contribution < 1.29 is 4.79 Å². The Bertz CT molecular complexity index is 532. The fourth-order valence-corrected chi connectivity index (χ4v) is 1.71. The van der Waals surface area contributed by atoms with E-state index in [4.69, 9.17) is 5.73 Å². The first-order valence-electron chi connectivity index (χ1n) is 5.88. The molecule has 1 amide bonds. The molecule has 6 heteroatoms. The van der Waals surface area contributed by atoms with Gasteiger partial charge in [-0.05, 0) is 36.8 Å². The summed E-state index contributed by atoms with van der Waals surface area (Å²) in [5.41, 5.74) is 8.23. The Morgan fingerprint density at radius 1 is 0.905 bits per heavy atom. The Morgan fingerprint density at radius 2 is 1.38 bits per heavy atom. The molecule has 3 N–H and O–H groups in total. The third-order valence-corrected chi connectivity index (χ3v) is 2.90. The summed E-state index contributed by atoms with van der Waals surface area (Å²) in [5, 5.41) is 3.28. The van der Waals surface area contributed by atoms with Crippen LogP contribution >= 0.6 is 37.2 Å². The summed E-state index contributed by atoms with van der Waals surface area (Å²) in [6, 6.07) is 17.7. The van der Waals surface area contributed by atoms with Crippen LogP contribution in [0.1, 0.15) is 18.4 Å². The van der Waals surface area contributed by atoms with E-state index in [2.05, 4.69) is 5.32 Å². The largest absolute Gasteiger partial charge is 0.369 e. The van der Waals surface area contributed by atoms with Gasteiger partial charge in [0.1, 0.15) is 0 Å². The van der Waals surface area contributed by atoms with Gasteiger partial charge in [0.2, 0.25) is 5.91 Å². The first-order valence-corrected chi connectivity index (χ1v) is 5.88. The lowest BCUT2D eigenvalue weighted by atomic mass is 10.0. The lowest BCUT2D eigenvalue weighted by Crippen LogP contribution is -2.18. The topological polar surface area (TPSA) is 55.1 Å². The van der Waals surface area contributed by atoms with E-state index in [1.165, 1.54) is 0 Å². The second-order valence-corrected chi connectivity index (χ2v) is 4.24. The molecule has 0 aliphatic rings. The number of carbonyl (C=O) groups excluding carboxylic acids is 1. The number of hydrogen-bond acceptors (Lipinski definition) is 2. The summed E-state index contributed by atoms with van der Waals surface area (Å²) < 4.78 is 0. The maximum atomic E-state index is 11.1. The number of rotatable bonds is 4. The van der Waals surface area contributed by atoms with Gasteiger partial charge < -0.3 is 11.1 Å². The number of halogens is 3. The average molecular weight is 350 g/mol. The van der Waals surface area contributed by atoms with Gasteiger partial charge in [-0.25, -0.2) is 0 Å². The van der Waals surface area contributed by atoms with Crippen LogP contribution in [0.2, 0.25) is 0 Å². The minimum atomic E-state index is -0.307. The number of anilines is 2. The molecule has 0 radical (unpaired) electrons. The lowest BCUT2D eigenvalue weighted by molar-refractivity contribution is -0.119. The number of hydrogen-bond donors (Lipinski definition) is 2. The highest BCUT2D eigenvalue weighted by Gasteiger charge is 2.10. The van der Waals surface area contributed by atoms with Crippen LogP contribution < -0.4 is 11.1 Å². The Kier molecular flexibility index (Phi) is 10.8. The number of nitrogens with two attached hydrogens (primary N) is 1. The standard InChI is InChI=1S/C15H16N2O.3ClH/c1-11(15(16)18)12-7-9-14(10-8-12)17-13-5-3-2-4-6-13;;;/h2-11,17H,1H3,(H2,16,18);3*1H. The minimum absolute atomic E-state index is 0. The van der Waals surface area contributed by atoms with Gasteiger partial charge in [0.05, 0.1) is 5.92 Å². The normalized spacial score (nSPS) is 10.1. The third-order valence-electron chi connectivity index (χ3n) is 2.90. The van der Waals surface area contributed by atoms with E-state index in [-0.39, 0.29) is 49.0 Å². The van der Waals surface area contributed by atoms with Crippen LogP contribution in [-0.2, 0) is 4.79 Å². The summed E-state index contributed by atoms with van der Waals surface area (Å²) in [6.45, 7) is 1.81. The molecule has 0 aromatic heterocycles. The molecule has 0 bridgehead atoms. The van der Waals surface area contributed by atoms with E-state index in [1.54, 1.807) is 0 Å². The van der Waals surface area contributed by atoms with E-state index < -0.39 is 0 Å². The van der Waals surface area contributed by atoms with Gasteiger partial charge in [-0.15, -0.1) is 37.2 Å². The summed E-state index contributed by atoms with van der Waals surface area (Å²) in [4.78, 5) is 11.1. The molecule has 2 aromatic rings. The Morgan fingerprint density at radius 3 is 1.86 bits per heavy atom. The van der Waals surface area contributed by atoms with Crippen LogP contribution in [0.25, 0.3) is 0 Å². The Labute approximate surface area is 143 Å². The predicted molar refractivity (Wildman–Crippen MR) is 95.5 cm³/mol. The molecule has 21 heavy (non-hydrogen) atoms. The van der Waals surface area contributed by atoms with Crippen molar-refractivity contribution in [3.05, 3.63) is 60.2 Å². The van der Waals surface area contributed by atoms with Crippen LogP contribution in [0, 0.1) is 0 Å². The molecule has 3 nitrogen and oxygen atoms in total. The fraction of sp³-hybridized carbons (Fsp3) is 0.133. The molecular formula is C15H19Cl3N2O. The minimum Gasteiger partial charge on any atom is -0.369 e. The molecule has 2 rings (SSSR count). The van der Waals surface area contributed by atoms with Crippen molar-refractivity contribution in [1.82, 2.24) is 0 Å². The molecule has 0 heterocycles. The van der Waals surface area contributed by atoms with Crippen LogP contribution in [0.3, 0.4) is 0 Å². The van der Waals surface area contributed by atoms with E-state index in [0.717, 1.165) is 16.9 Å². The second kappa shape index (κ2) is 10.3. The first kappa shape index (κ1) is 21.9. The molecular weight excluding hydrogens is 331 g/mol. The molecule has 0 saturated heterocycles. The molecule has 0 fully saturated rings. The highest BCUT2D eigenvalue weighted by molar-refractivity contribution is 5.86. The molecule has 1 unspecified atom stereocenters. The third kappa shape index (κ3) is 6.25. The maximum absolute atomic E-state index is 11.1.